The maximum Gasteiger partial charge on any atom is 0.242 e. The minimum Gasteiger partial charge on any atom is -0.346 e. The lowest BCUT2D eigenvalue weighted by atomic mass is 10.2. The molecule has 0 aliphatic heterocycles. The van der Waals surface area contributed by atoms with Crippen molar-refractivity contribution in [1.29, 1.82) is 0 Å². The van der Waals surface area contributed by atoms with Gasteiger partial charge < -0.3 is 16.0 Å². The van der Waals surface area contributed by atoms with Crippen molar-refractivity contribution in [2.45, 2.75) is 25.4 Å². The van der Waals surface area contributed by atoms with Crippen LogP contribution in [-0.2, 0) is 16.1 Å². The molecule has 0 saturated heterocycles. The lowest BCUT2D eigenvalue weighted by Crippen LogP contribution is -2.42. The Bertz CT molecular complexity index is 503. The molecule has 1 fully saturated rings. The Labute approximate surface area is 126 Å². The van der Waals surface area contributed by atoms with Crippen molar-refractivity contribution < 1.29 is 9.59 Å². The second-order valence-electron chi connectivity index (χ2n) is 4.86. The zero-order valence-corrected chi connectivity index (χ0v) is 12.7. The Morgan fingerprint density at radius 3 is 2.75 bits per heavy atom. The third kappa shape index (κ3) is 4.31. The van der Waals surface area contributed by atoms with Gasteiger partial charge in [0.15, 0.2) is 0 Å². The summed E-state index contributed by atoms with van der Waals surface area (Å²) in [5, 5.41) is 2.53. The molecule has 6 heteroatoms. The highest BCUT2D eigenvalue weighted by Crippen LogP contribution is 2.28. The number of benzene rings is 1. The quantitative estimate of drug-likeness (QED) is 0.812. The number of nitrogens with two attached hydrogens (primary N) is 1. The van der Waals surface area contributed by atoms with E-state index in [1.54, 1.807) is 0 Å². The molecular formula is C14H18BrN3O2. The fraction of sp³-hybridized carbons (Fsp3) is 0.429. The van der Waals surface area contributed by atoms with E-state index < -0.39 is 0 Å². The highest BCUT2D eigenvalue weighted by atomic mass is 79.9. The van der Waals surface area contributed by atoms with Crippen LogP contribution in [0.2, 0.25) is 0 Å². The summed E-state index contributed by atoms with van der Waals surface area (Å²) < 4.78 is 0.995. The van der Waals surface area contributed by atoms with Crippen LogP contribution in [0, 0.1) is 0 Å². The summed E-state index contributed by atoms with van der Waals surface area (Å²) in [6, 6.07) is 8.20. The summed E-state index contributed by atoms with van der Waals surface area (Å²) in [6.07, 6.45) is 2.06. The summed E-state index contributed by atoms with van der Waals surface area (Å²) in [5.41, 5.74) is 6.28. The predicted molar refractivity (Wildman–Crippen MR) is 79.8 cm³/mol. The summed E-state index contributed by atoms with van der Waals surface area (Å²) in [7, 11) is 0. The molecule has 5 nitrogen and oxygen atoms in total. The van der Waals surface area contributed by atoms with Gasteiger partial charge in [0.05, 0.1) is 13.1 Å². The monoisotopic (exact) mass is 339 g/mol. The molecule has 3 N–H and O–H groups in total. The molecule has 1 aliphatic carbocycles. The van der Waals surface area contributed by atoms with Crippen molar-refractivity contribution in [3.05, 3.63) is 34.3 Å². The third-order valence-corrected chi connectivity index (χ3v) is 3.67. The van der Waals surface area contributed by atoms with Crippen molar-refractivity contribution in [3.8, 4) is 0 Å². The van der Waals surface area contributed by atoms with Crippen molar-refractivity contribution in [3.63, 3.8) is 0 Å². The molecule has 0 radical (unpaired) electrons. The molecule has 1 aromatic carbocycles. The molecule has 0 unspecified atom stereocenters. The first-order chi connectivity index (χ1) is 9.60. The number of halogens is 1. The number of rotatable bonds is 6. The number of carbonyl (C=O) groups is 2. The Balaban J connectivity index is 1.96. The molecule has 1 aliphatic rings. The molecule has 1 saturated carbocycles. The van der Waals surface area contributed by atoms with Crippen LogP contribution >= 0.6 is 15.9 Å². The lowest BCUT2D eigenvalue weighted by Gasteiger charge is -2.23. The number of hydrogen-bond donors (Lipinski definition) is 2. The highest BCUT2D eigenvalue weighted by molar-refractivity contribution is 9.10. The van der Waals surface area contributed by atoms with Crippen molar-refractivity contribution in [2.24, 2.45) is 5.73 Å². The van der Waals surface area contributed by atoms with Crippen molar-refractivity contribution in [2.75, 3.05) is 13.1 Å². The Morgan fingerprint density at radius 1 is 1.40 bits per heavy atom. The molecule has 0 spiro atoms. The maximum absolute atomic E-state index is 12.2. The molecule has 0 atom stereocenters. The molecule has 2 amide bonds. The Kier molecular flexibility index (Phi) is 5.14. The zero-order chi connectivity index (χ0) is 14.5. The van der Waals surface area contributed by atoms with E-state index in [2.05, 4.69) is 21.2 Å². The summed E-state index contributed by atoms with van der Waals surface area (Å²) in [5.74, 6) is -0.370. The van der Waals surface area contributed by atoms with Crippen molar-refractivity contribution in [1.82, 2.24) is 10.2 Å². The summed E-state index contributed by atoms with van der Waals surface area (Å²) in [4.78, 5) is 25.1. The van der Waals surface area contributed by atoms with Crippen LogP contribution in [0.3, 0.4) is 0 Å². The molecular weight excluding hydrogens is 322 g/mol. The maximum atomic E-state index is 12.2. The van der Waals surface area contributed by atoms with Gasteiger partial charge in [0.25, 0.3) is 0 Å². The van der Waals surface area contributed by atoms with Gasteiger partial charge in [-0.2, -0.15) is 0 Å². The van der Waals surface area contributed by atoms with E-state index in [4.69, 9.17) is 5.73 Å². The van der Waals surface area contributed by atoms with Gasteiger partial charge in [-0.1, -0.05) is 28.1 Å². The summed E-state index contributed by atoms with van der Waals surface area (Å²) in [6.45, 7) is 0.490. The fourth-order valence-corrected chi connectivity index (χ4v) is 2.43. The first-order valence-corrected chi connectivity index (χ1v) is 7.40. The molecule has 108 valence electrons. The van der Waals surface area contributed by atoms with Crippen LogP contribution in [-0.4, -0.2) is 35.8 Å². The Hall–Kier alpha value is -1.40. The van der Waals surface area contributed by atoms with Crippen LogP contribution in [0.15, 0.2) is 28.7 Å². The highest BCUT2D eigenvalue weighted by Gasteiger charge is 2.32. The Morgan fingerprint density at radius 2 is 2.15 bits per heavy atom. The van der Waals surface area contributed by atoms with E-state index in [-0.39, 0.29) is 24.9 Å². The van der Waals surface area contributed by atoms with E-state index >= 15 is 0 Å². The van der Waals surface area contributed by atoms with Gasteiger partial charge in [-0.3, -0.25) is 9.59 Å². The van der Waals surface area contributed by atoms with Gasteiger partial charge in [0.2, 0.25) is 11.8 Å². The van der Waals surface area contributed by atoms with Gasteiger partial charge in [0, 0.05) is 17.1 Å². The van der Waals surface area contributed by atoms with E-state index in [9.17, 15) is 9.59 Å². The molecule has 0 aromatic heterocycles. The molecule has 20 heavy (non-hydrogen) atoms. The van der Waals surface area contributed by atoms with Crippen molar-refractivity contribution >= 4 is 27.7 Å². The predicted octanol–water partition coefficient (Wildman–Crippen LogP) is 1.01. The first kappa shape index (κ1) is 15.0. The average molecular weight is 340 g/mol. The van der Waals surface area contributed by atoms with Gasteiger partial charge in [-0.15, -0.1) is 0 Å². The number of carbonyl (C=O) groups excluding carboxylic acids is 2. The average Bonchev–Trinajstić information content (AvgIpc) is 3.26. The number of hydrogen-bond acceptors (Lipinski definition) is 3. The number of nitrogens with one attached hydrogen (secondary N) is 1. The topological polar surface area (TPSA) is 75.4 Å². The van der Waals surface area contributed by atoms with Crippen LogP contribution in [0.1, 0.15) is 18.4 Å². The zero-order valence-electron chi connectivity index (χ0n) is 11.1. The molecule has 0 bridgehead atoms. The van der Waals surface area contributed by atoms with Gasteiger partial charge in [-0.05, 0) is 30.5 Å². The van der Waals surface area contributed by atoms with Gasteiger partial charge in [0.1, 0.15) is 0 Å². The largest absolute Gasteiger partial charge is 0.346 e. The molecule has 0 heterocycles. The second-order valence-corrected chi connectivity index (χ2v) is 5.78. The smallest absolute Gasteiger partial charge is 0.242 e. The van der Waals surface area contributed by atoms with Crippen LogP contribution in [0.5, 0.6) is 0 Å². The standard InChI is InChI=1S/C14H18BrN3O2/c15-11-3-1-2-10(6-11)9-18(12-4-5-12)14(20)8-17-13(19)7-16/h1-3,6,12H,4-5,7-9,16H2,(H,17,19). The van der Waals surface area contributed by atoms with Gasteiger partial charge >= 0.3 is 0 Å². The van der Waals surface area contributed by atoms with Crippen LogP contribution in [0.4, 0.5) is 0 Å². The van der Waals surface area contributed by atoms with E-state index in [0.717, 1.165) is 22.9 Å². The normalized spacial score (nSPS) is 13.9. The minimum absolute atomic E-state index is 0.0144. The van der Waals surface area contributed by atoms with Gasteiger partial charge in [-0.25, -0.2) is 0 Å². The third-order valence-electron chi connectivity index (χ3n) is 3.17. The van der Waals surface area contributed by atoms with Crippen LogP contribution < -0.4 is 11.1 Å². The number of nitrogens with zero attached hydrogens (tertiary/aromatic N) is 1. The first-order valence-electron chi connectivity index (χ1n) is 6.61. The van der Waals surface area contributed by atoms with E-state index in [0.29, 0.717) is 12.6 Å². The SMILES string of the molecule is NCC(=O)NCC(=O)N(Cc1cccc(Br)c1)C1CC1. The van der Waals surface area contributed by atoms with E-state index in [1.165, 1.54) is 0 Å². The molecule has 1 aromatic rings. The second kappa shape index (κ2) is 6.85. The summed E-state index contributed by atoms with van der Waals surface area (Å²) >= 11 is 3.43. The fourth-order valence-electron chi connectivity index (χ4n) is 1.99. The van der Waals surface area contributed by atoms with E-state index in [1.807, 2.05) is 29.2 Å². The van der Waals surface area contributed by atoms with Crippen LogP contribution in [0.25, 0.3) is 0 Å². The molecule has 2 rings (SSSR count). The lowest BCUT2D eigenvalue weighted by molar-refractivity contribution is -0.133. The number of amides is 2. The minimum atomic E-state index is -0.309.